The number of non-ortho nitro benzene ring substituents is 1. The molecule has 96 valence electrons. The quantitative estimate of drug-likeness (QED) is 0.465. The lowest BCUT2D eigenvalue weighted by Gasteiger charge is -2.03. The fraction of sp³-hybridized carbons (Fsp3) is 0.273. The van der Waals surface area contributed by atoms with Crippen LogP contribution >= 0.6 is 0 Å². The zero-order valence-corrected chi connectivity index (χ0v) is 9.71. The monoisotopic (exact) mass is 252 g/mol. The highest BCUT2D eigenvalue weighted by atomic mass is 16.6. The van der Waals surface area contributed by atoms with Gasteiger partial charge in [0, 0.05) is 12.1 Å². The molecule has 0 bridgehead atoms. The molecule has 0 aliphatic carbocycles. The van der Waals surface area contributed by atoms with Crippen LogP contribution in [-0.4, -0.2) is 30.5 Å². The molecule has 0 aliphatic heterocycles. The average molecular weight is 252 g/mol. The minimum Gasteiger partial charge on any atom is -0.468 e. The maximum Gasteiger partial charge on any atom is 0.325 e. The summed E-state index contributed by atoms with van der Waals surface area (Å²) in [5.74, 6) is -0.955. The Bertz CT molecular complexity index is 472. The topological polar surface area (TPSA) is 98.5 Å². The van der Waals surface area contributed by atoms with Crippen molar-refractivity contribution in [3.8, 4) is 0 Å². The van der Waals surface area contributed by atoms with Gasteiger partial charge in [0.25, 0.3) is 5.69 Å². The number of benzene rings is 1. The molecule has 0 atom stereocenters. The van der Waals surface area contributed by atoms with Crippen molar-refractivity contribution in [2.45, 2.75) is 6.42 Å². The molecule has 7 heteroatoms. The van der Waals surface area contributed by atoms with Crippen molar-refractivity contribution in [2.24, 2.45) is 0 Å². The molecule has 1 N–H and O–H groups in total. The normalized spacial score (nSPS) is 9.61. The summed E-state index contributed by atoms with van der Waals surface area (Å²) in [5.41, 5.74) is 0.430. The Hall–Kier alpha value is -2.44. The third-order valence-corrected chi connectivity index (χ3v) is 2.14. The van der Waals surface area contributed by atoms with Crippen molar-refractivity contribution in [2.75, 3.05) is 13.7 Å². The van der Waals surface area contributed by atoms with Gasteiger partial charge < -0.3 is 10.1 Å². The Morgan fingerprint density at radius 2 is 2.17 bits per heavy atom. The molecule has 0 fully saturated rings. The Kier molecular flexibility index (Phi) is 4.79. The van der Waals surface area contributed by atoms with Crippen LogP contribution in [-0.2, 0) is 20.7 Å². The Morgan fingerprint density at radius 1 is 1.44 bits per heavy atom. The lowest BCUT2D eigenvalue weighted by atomic mass is 10.1. The van der Waals surface area contributed by atoms with Gasteiger partial charge in [0.05, 0.1) is 18.5 Å². The van der Waals surface area contributed by atoms with E-state index in [0.29, 0.717) is 5.56 Å². The summed E-state index contributed by atoms with van der Waals surface area (Å²) < 4.78 is 4.36. The van der Waals surface area contributed by atoms with Gasteiger partial charge in [-0.15, -0.1) is 0 Å². The zero-order chi connectivity index (χ0) is 13.5. The molecule has 1 aromatic carbocycles. The summed E-state index contributed by atoms with van der Waals surface area (Å²) in [7, 11) is 1.22. The third-order valence-electron chi connectivity index (χ3n) is 2.14. The van der Waals surface area contributed by atoms with Crippen LogP contribution in [0.3, 0.4) is 0 Å². The molecule has 0 unspecified atom stereocenters. The van der Waals surface area contributed by atoms with Gasteiger partial charge in [0.2, 0.25) is 5.91 Å². The highest BCUT2D eigenvalue weighted by Gasteiger charge is 2.09. The number of hydrogen-bond donors (Lipinski definition) is 1. The van der Waals surface area contributed by atoms with E-state index < -0.39 is 16.8 Å². The van der Waals surface area contributed by atoms with Gasteiger partial charge in [-0.1, -0.05) is 12.1 Å². The molecule has 0 radical (unpaired) electrons. The second kappa shape index (κ2) is 6.33. The van der Waals surface area contributed by atoms with Gasteiger partial charge in [0.1, 0.15) is 6.54 Å². The number of amides is 1. The van der Waals surface area contributed by atoms with Crippen molar-refractivity contribution >= 4 is 17.6 Å². The molecule has 7 nitrogen and oxygen atoms in total. The van der Waals surface area contributed by atoms with E-state index in [1.807, 2.05) is 0 Å². The van der Waals surface area contributed by atoms with Crippen LogP contribution in [0.4, 0.5) is 5.69 Å². The van der Waals surface area contributed by atoms with Gasteiger partial charge in [0.15, 0.2) is 0 Å². The van der Waals surface area contributed by atoms with Crippen LogP contribution in [0, 0.1) is 10.1 Å². The van der Waals surface area contributed by atoms with Gasteiger partial charge >= 0.3 is 5.97 Å². The number of carbonyl (C=O) groups excluding carboxylic acids is 2. The Labute approximate surface area is 103 Å². The first-order chi connectivity index (χ1) is 8.52. The summed E-state index contributed by atoms with van der Waals surface area (Å²) in [6.07, 6.45) is -0.0291. The average Bonchev–Trinajstić information content (AvgIpc) is 2.36. The summed E-state index contributed by atoms with van der Waals surface area (Å²) in [5, 5.41) is 12.9. The summed E-state index contributed by atoms with van der Waals surface area (Å²) in [4.78, 5) is 32.2. The summed E-state index contributed by atoms with van der Waals surface area (Å²) in [6, 6.07) is 5.76. The Morgan fingerprint density at radius 3 is 2.78 bits per heavy atom. The number of nitrogens with zero attached hydrogens (tertiary/aromatic N) is 1. The minimum atomic E-state index is -0.553. The predicted molar refractivity (Wildman–Crippen MR) is 61.8 cm³/mol. The number of carbonyl (C=O) groups is 2. The second-order valence-electron chi connectivity index (χ2n) is 3.46. The number of methoxy groups -OCH3 is 1. The van der Waals surface area contributed by atoms with Crippen LogP contribution in [0.5, 0.6) is 0 Å². The van der Waals surface area contributed by atoms with E-state index in [-0.39, 0.29) is 18.7 Å². The van der Waals surface area contributed by atoms with Crippen molar-refractivity contribution in [1.82, 2.24) is 5.32 Å². The number of esters is 1. The van der Waals surface area contributed by atoms with Gasteiger partial charge in [-0.25, -0.2) is 0 Å². The first-order valence-corrected chi connectivity index (χ1v) is 5.09. The number of nitro benzene ring substituents is 1. The number of hydrogen-bond acceptors (Lipinski definition) is 5. The molecule has 0 aromatic heterocycles. The van der Waals surface area contributed by atoms with Crippen LogP contribution in [0.25, 0.3) is 0 Å². The molecule has 1 amide bonds. The Balaban J connectivity index is 2.56. The van der Waals surface area contributed by atoms with E-state index >= 15 is 0 Å². The number of rotatable bonds is 5. The minimum absolute atomic E-state index is 0.0291. The highest BCUT2D eigenvalue weighted by Crippen LogP contribution is 2.13. The second-order valence-corrected chi connectivity index (χ2v) is 3.46. The first kappa shape index (κ1) is 13.6. The van der Waals surface area contributed by atoms with E-state index in [2.05, 4.69) is 10.1 Å². The molecular formula is C11H12N2O5. The number of nitrogens with one attached hydrogen (secondary N) is 1. The fourth-order valence-corrected chi connectivity index (χ4v) is 1.27. The highest BCUT2D eigenvalue weighted by molar-refractivity contribution is 5.83. The van der Waals surface area contributed by atoms with Crippen LogP contribution in [0.15, 0.2) is 24.3 Å². The van der Waals surface area contributed by atoms with Crippen LogP contribution in [0.2, 0.25) is 0 Å². The third kappa shape index (κ3) is 4.20. The fourth-order valence-electron chi connectivity index (χ4n) is 1.27. The van der Waals surface area contributed by atoms with E-state index in [0.717, 1.165) is 0 Å². The van der Waals surface area contributed by atoms with Crippen LogP contribution in [0.1, 0.15) is 5.56 Å². The standard InChI is InChI=1S/C11H12N2O5/c1-18-11(15)7-12-10(14)6-8-3-2-4-9(5-8)13(16)17/h2-5H,6-7H2,1H3,(H,12,14). The van der Waals surface area contributed by atoms with Gasteiger partial charge in [-0.2, -0.15) is 0 Å². The first-order valence-electron chi connectivity index (χ1n) is 5.09. The molecule has 1 rings (SSSR count). The molecule has 0 spiro atoms. The molecule has 0 aliphatic rings. The predicted octanol–water partition coefficient (Wildman–Crippen LogP) is 0.426. The largest absolute Gasteiger partial charge is 0.468 e. The van der Waals surface area contributed by atoms with Crippen LogP contribution < -0.4 is 5.32 Å². The molecule has 0 heterocycles. The lowest BCUT2D eigenvalue weighted by Crippen LogP contribution is -2.31. The SMILES string of the molecule is COC(=O)CNC(=O)Cc1cccc([N+](=O)[O-])c1. The molecule has 0 saturated heterocycles. The molecule has 18 heavy (non-hydrogen) atoms. The maximum atomic E-state index is 11.4. The maximum absolute atomic E-state index is 11.4. The van der Waals surface area contributed by atoms with Crippen molar-refractivity contribution in [3.05, 3.63) is 39.9 Å². The van der Waals surface area contributed by atoms with Gasteiger partial charge in [-0.05, 0) is 5.56 Å². The summed E-state index contributed by atoms with van der Waals surface area (Å²) >= 11 is 0. The van der Waals surface area contributed by atoms with E-state index in [1.54, 1.807) is 6.07 Å². The van der Waals surface area contributed by atoms with E-state index in [1.165, 1.54) is 25.3 Å². The lowest BCUT2D eigenvalue weighted by molar-refractivity contribution is -0.384. The van der Waals surface area contributed by atoms with Gasteiger partial charge in [-0.3, -0.25) is 19.7 Å². The number of nitro groups is 1. The summed E-state index contributed by atoms with van der Waals surface area (Å²) in [6.45, 7) is -0.218. The van der Waals surface area contributed by atoms with Crippen molar-refractivity contribution in [3.63, 3.8) is 0 Å². The zero-order valence-electron chi connectivity index (χ0n) is 9.71. The van der Waals surface area contributed by atoms with E-state index in [4.69, 9.17) is 0 Å². The molecule has 0 saturated carbocycles. The van der Waals surface area contributed by atoms with Crippen molar-refractivity contribution in [1.29, 1.82) is 0 Å². The molecular weight excluding hydrogens is 240 g/mol. The van der Waals surface area contributed by atoms with E-state index in [9.17, 15) is 19.7 Å². The smallest absolute Gasteiger partial charge is 0.325 e. The number of ether oxygens (including phenoxy) is 1. The van der Waals surface area contributed by atoms with Crippen molar-refractivity contribution < 1.29 is 19.2 Å². The molecule has 1 aromatic rings.